The molecule has 0 aromatic heterocycles. The summed E-state index contributed by atoms with van der Waals surface area (Å²) in [6.07, 6.45) is -1.96. The number of rotatable bonds is 3. The normalized spacial score (nSPS) is 12.4. The molecule has 0 saturated heterocycles. The largest absolute Gasteiger partial charge is 0.277 e. The van der Waals surface area contributed by atoms with Crippen molar-refractivity contribution in [2.75, 3.05) is 0 Å². The first kappa shape index (κ1) is 14.5. The molecule has 2 rings (SSSR count). The van der Waals surface area contributed by atoms with E-state index in [9.17, 15) is 0 Å². The third kappa shape index (κ3) is 3.54. The minimum atomic E-state index is -1.96. The number of hydrogen-bond acceptors (Lipinski definition) is 1. The molecule has 0 fully saturated rings. The third-order valence-corrected chi connectivity index (χ3v) is 7.31. The maximum atomic E-state index is 6.08. The Labute approximate surface area is 121 Å². The summed E-state index contributed by atoms with van der Waals surface area (Å²) >= 11 is 6.08. The highest BCUT2D eigenvalue weighted by molar-refractivity contribution is 8.20. The van der Waals surface area contributed by atoms with Crippen molar-refractivity contribution in [3.63, 3.8) is 0 Å². The molecule has 0 aliphatic carbocycles. The molecule has 0 unspecified atom stereocenters. The Kier molecular flexibility index (Phi) is 4.25. The van der Waals surface area contributed by atoms with Crippen LogP contribution >= 0.6 is 6.19 Å². The van der Waals surface area contributed by atoms with Crippen molar-refractivity contribution in [3.8, 4) is 0 Å². The smallest absolute Gasteiger partial charge is 0.0688 e. The predicted octanol–water partition coefficient (Wildman–Crippen LogP) is 3.42. The second-order valence-corrected chi connectivity index (χ2v) is 9.76. The van der Waals surface area contributed by atoms with Gasteiger partial charge in [0, 0.05) is 16.1 Å². The molecule has 1 nitrogen and oxygen atoms in total. The zero-order valence-corrected chi connectivity index (χ0v) is 13.3. The minimum Gasteiger partial charge on any atom is -0.277 e. The second kappa shape index (κ2) is 5.58. The van der Waals surface area contributed by atoms with E-state index in [0.717, 1.165) is 0 Å². The monoisotopic (exact) mass is 289 g/mol. The van der Waals surface area contributed by atoms with Gasteiger partial charge in [0.25, 0.3) is 0 Å². The van der Waals surface area contributed by atoms with Crippen LogP contribution in [0.3, 0.4) is 0 Å². The Hall–Kier alpha value is -0.950. The van der Waals surface area contributed by atoms with Gasteiger partial charge in [0.1, 0.15) is 0 Å². The first-order valence-electron chi connectivity index (χ1n) is 6.42. The van der Waals surface area contributed by atoms with Crippen molar-refractivity contribution >= 4 is 28.6 Å². The lowest BCUT2D eigenvalue weighted by atomic mass is 10.1. The first-order valence-corrected chi connectivity index (χ1v) is 9.23. The number of nitrogens with one attached hydrogen (secondary N) is 1. The van der Waals surface area contributed by atoms with Gasteiger partial charge in [-0.15, -0.1) is 0 Å². The van der Waals surface area contributed by atoms with Gasteiger partial charge in [-0.3, -0.25) is 5.09 Å². The van der Waals surface area contributed by atoms with Crippen LogP contribution in [0.4, 0.5) is 0 Å². The quantitative estimate of drug-likeness (QED) is 0.869. The summed E-state index contributed by atoms with van der Waals surface area (Å²) in [6.45, 7) is 6.50. The fraction of sp³-hybridized carbons (Fsp3) is 0.250. The summed E-state index contributed by atoms with van der Waals surface area (Å²) in [4.78, 5) is 0. The van der Waals surface area contributed by atoms with Gasteiger partial charge in [-0.05, 0) is 20.8 Å². The topological polar surface area (TPSA) is 12.0 Å². The average molecular weight is 289 g/mol. The summed E-state index contributed by atoms with van der Waals surface area (Å²) in [7, 11) is 0. The molecular weight excluding hydrogens is 269 g/mol. The highest BCUT2D eigenvalue weighted by Crippen LogP contribution is 2.41. The molecule has 0 saturated carbocycles. The molecular formula is C16H20NPS. The van der Waals surface area contributed by atoms with Gasteiger partial charge in [0.15, 0.2) is 0 Å². The van der Waals surface area contributed by atoms with Crippen LogP contribution in [-0.2, 0) is 11.8 Å². The molecule has 100 valence electrons. The van der Waals surface area contributed by atoms with E-state index in [1.165, 1.54) is 10.6 Å². The molecule has 1 N–H and O–H groups in total. The SMILES string of the molecule is CC(C)(C)NP(=S)(c1ccccc1)c1ccccc1. The summed E-state index contributed by atoms with van der Waals surface area (Å²) < 4.78 is 0. The van der Waals surface area contributed by atoms with E-state index in [1.54, 1.807) is 0 Å². The van der Waals surface area contributed by atoms with E-state index in [2.05, 4.69) is 74.4 Å². The molecule has 0 bridgehead atoms. The van der Waals surface area contributed by atoms with Gasteiger partial charge in [-0.25, -0.2) is 0 Å². The average Bonchev–Trinajstić information content (AvgIpc) is 2.39. The maximum Gasteiger partial charge on any atom is 0.0688 e. The zero-order chi connectivity index (χ0) is 13.9. The van der Waals surface area contributed by atoms with Crippen molar-refractivity contribution in [1.29, 1.82) is 0 Å². The first-order chi connectivity index (χ1) is 8.92. The Morgan fingerprint density at radius 1 is 0.789 bits per heavy atom. The van der Waals surface area contributed by atoms with Crippen LogP contribution in [0.2, 0.25) is 0 Å². The minimum absolute atomic E-state index is 0.0127. The third-order valence-electron chi connectivity index (χ3n) is 2.73. The summed E-state index contributed by atoms with van der Waals surface area (Å²) in [5.74, 6) is 0. The van der Waals surface area contributed by atoms with Gasteiger partial charge in [0.05, 0.1) is 6.19 Å². The molecule has 0 atom stereocenters. The van der Waals surface area contributed by atoms with Gasteiger partial charge in [-0.1, -0.05) is 72.5 Å². The molecule has 0 heterocycles. The predicted molar refractivity (Wildman–Crippen MR) is 89.3 cm³/mol. The zero-order valence-electron chi connectivity index (χ0n) is 11.6. The lowest BCUT2D eigenvalue weighted by Gasteiger charge is -2.32. The Morgan fingerprint density at radius 3 is 1.47 bits per heavy atom. The molecule has 2 aromatic carbocycles. The molecule has 3 heteroatoms. The van der Waals surface area contributed by atoms with Crippen molar-refractivity contribution in [2.45, 2.75) is 26.3 Å². The van der Waals surface area contributed by atoms with Crippen LogP contribution in [-0.4, -0.2) is 5.54 Å². The van der Waals surface area contributed by atoms with Crippen molar-refractivity contribution in [1.82, 2.24) is 5.09 Å². The van der Waals surface area contributed by atoms with Crippen LogP contribution in [0.5, 0.6) is 0 Å². The van der Waals surface area contributed by atoms with E-state index in [4.69, 9.17) is 11.8 Å². The molecule has 0 radical (unpaired) electrons. The van der Waals surface area contributed by atoms with E-state index in [-0.39, 0.29) is 5.54 Å². The summed E-state index contributed by atoms with van der Waals surface area (Å²) in [5, 5.41) is 6.12. The Morgan fingerprint density at radius 2 is 1.16 bits per heavy atom. The lowest BCUT2D eigenvalue weighted by molar-refractivity contribution is 0.531. The van der Waals surface area contributed by atoms with Crippen molar-refractivity contribution < 1.29 is 0 Å². The molecule has 19 heavy (non-hydrogen) atoms. The highest BCUT2D eigenvalue weighted by atomic mass is 32.4. The molecule has 0 aliphatic rings. The van der Waals surface area contributed by atoms with Gasteiger partial charge in [0.2, 0.25) is 0 Å². The number of hydrogen-bond donors (Lipinski definition) is 1. The Balaban J connectivity index is 2.55. The molecule has 0 spiro atoms. The molecule has 0 aliphatic heterocycles. The summed E-state index contributed by atoms with van der Waals surface area (Å²) in [5.41, 5.74) is -0.0127. The molecule has 2 aromatic rings. The van der Waals surface area contributed by atoms with Gasteiger partial charge in [-0.2, -0.15) is 0 Å². The maximum absolute atomic E-state index is 6.08. The van der Waals surface area contributed by atoms with Gasteiger partial charge >= 0.3 is 0 Å². The fourth-order valence-electron chi connectivity index (χ4n) is 2.03. The van der Waals surface area contributed by atoms with Crippen LogP contribution in [0.25, 0.3) is 0 Å². The van der Waals surface area contributed by atoms with E-state index >= 15 is 0 Å². The van der Waals surface area contributed by atoms with Gasteiger partial charge < -0.3 is 0 Å². The molecule has 0 amide bonds. The lowest BCUT2D eigenvalue weighted by Crippen LogP contribution is -2.39. The second-order valence-electron chi connectivity index (χ2n) is 5.64. The fourth-order valence-corrected chi connectivity index (χ4v) is 6.26. The van der Waals surface area contributed by atoms with E-state index < -0.39 is 6.19 Å². The number of benzene rings is 2. The summed E-state index contributed by atoms with van der Waals surface area (Å²) in [6, 6.07) is 20.8. The van der Waals surface area contributed by atoms with Crippen LogP contribution in [0, 0.1) is 0 Å². The van der Waals surface area contributed by atoms with E-state index in [1.807, 2.05) is 12.1 Å². The van der Waals surface area contributed by atoms with Crippen molar-refractivity contribution in [3.05, 3.63) is 60.7 Å². The van der Waals surface area contributed by atoms with Crippen LogP contribution < -0.4 is 15.7 Å². The van der Waals surface area contributed by atoms with Crippen molar-refractivity contribution in [2.24, 2.45) is 0 Å². The van der Waals surface area contributed by atoms with E-state index in [0.29, 0.717) is 0 Å². The van der Waals surface area contributed by atoms with Crippen LogP contribution in [0.15, 0.2) is 60.7 Å². The van der Waals surface area contributed by atoms with Crippen LogP contribution in [0.1, 0.15) is 20.8 Å². The highest BCUT2D eigenvalue weighted by Gasteiger charge is 2.26. The Bertz CT molecular complexity index is 529. The standard InChI is InChI=1S/C16H20NPS/c1-16(2,3)17-18(19,14-10-6-4-7-11-14)15-12-8-5-9-13-15/h4-13H,1-3H3,(H,17,19).